The van der Waals surface area contributed by atoms with E-state index in [4.69, 9.17) is 15.1 Å². The second-order valence-corrected chi connectivity index (χ2v) is 2.49. The van der Waals surface area contributed by atoms with E-state index in [-0.39, 0.29) is 16.9 Å². The van der Waals surface area contributed by atoms with Crippen LogP contribution in [-0.4, -0.2) is 23.3 Å². The van der Waals surface area contributed by atoms with Crippen LogP contribution in [0.4, 0.5) is 0 Å². The molecule has 1 rings (SSSR count). The minimum Gasteiger partial charge on any atom is -0.507 e. The van der Waals surface area contributed by atoms with Gasteiger partial charge in [0.05, 0.1) is 12.7 Å². The van der Waals surface area contributed by atoms with E-state index < -0.39 is 11.7 Å². The molecular formula is C9H7NO4. The minimum atomic E-state index is -1.29. The van der Waals surface area contributed by atoms with Gasteiger partial charge in [0.15, 0.2) is 0 Å². The second kappa shape index (κ2) is 3.66. The first-order valence-electron chi connectivity index (χ1n) is 3.64. The Kier molecular flexibility index (Phi) is 2.58. The van der Waals surface area contributed by atoms with E-state index in [9.17, 15) is 9.90 Å². The van der Waals surface area contributed by atoms with Crippen LogP contribution in [0.25, 0.3) is 0 Å². The number of hydrogen-bond acceptors (Lipinski definition) is 4. The molecule has 5 nitrogen and oxygen atoms in total. The van der Waals surface area contributed by atoms with Crippen LogP contribution in [0.5, 0.6) is 11.5 Å². The van der Waals surface area contributed by atoms with Gasteiger partial charge in [-0.25, -0.2) is 4.79 Å². The summed E-state index contributed by atoms with van der Waals surface area (Å²) in [5.41, 5.74) is -0.245. The predicted octanol–water partition coefficient (Wildman–Crippen LogP) is 0.971. The van der Waals surface area contributed by atoms with Gasteiger partial charge in [-0.15, -0.1) is 0 Å². The van der Waals surface area contributed by atoms with Crippen molar-refractivity contribution in [2.75, 3.05) is 7.11 Å². The molecule has 1 aromatic carbocycles. The molecule has 0 saturated heterocycles. The van der Waals surface area contributed by atoms with Crippen molar-refractivity contribution in [2.24, 2.45) is 0 Å². The molecule has 0 unspecified atom stereocenters. The van der Waals surface area contributed by atoms with E-state index >= 15 is 0 Å². The van der Waals surface area contributed by atoms with Crippen molar-refractivity contribution >= 4 is 5.97 Å². The first-order valence-corrected chi connectivity index (χ1v) is 3.64. The maximum Gasteiger partial charge on any atom is 0.339 e. The summed E-state index contributed by atoms with van der Waals surface area (Å²) < 4.78 is 4.78. The minimum absolute atomic E-state index is 0.0719. The third-order valence-electron chi connectivity index (χ3n) is 1.67. The molecule has 0 aliphatic heterocycles. The lowest BCUT2D eigenvalue weighted by atomic mass is 10.1. The Morgan fingerprint density at radius 3 is 2.64 bits per heavy atom. The number of aromatic carboxylic acids is 1. The van der Waals surface area contributed by atoms with Crippen molar-refractivity contribution in [2.45, 2.75) is 0 Å². The zero-order valence-corrected chi connectivity index (χ0v) is 7.31. The van der Waals surface area contributed by atoms with Crippen LogP contribution in [0, 0.1) is 11.3 Å². The molecule has 14 heavy (non-hydrogen) atoms. The number of phenols is 1. The van der Waals surface area contributed by atoms with Crippen LogP contribution in [-0.2, 0) is 0 Å². The molecule has 0 heterocycles. The van der Waals surface area contributed by atoms with E-state index in [0.29, 0.717) is 0 Å². The summed E-state index contributed by atoms with van der Waals surface area (Å²) in [4.78, 5) is 10.6. The molecule has 0 atom stereocenters. The van der Waals surface area contributed by atoms with Crippen molar-refractivity contribution in [3.05, 3.63) is 23.3 Å². The topological polar surface area (TPSA) is 90.6 Å². The molecule has 0 spiro atoms. The number of ether oxygens (including phenoxy) is 1. The van der Waals surface area contributed by atoms with E-state index in [1.165, 1.54) is 7.11 Å². The van der Waals surface area contributed by atoms with Gasteiger partial charge >= 0.3 is 5.97 Å². The summed E-state index contributed by atoms with van der Waals surface area (Å²) in [5.74, 6) is -1.56. The van der Waals surface area contributed by atoms with Crippen molar-refractivity contribution in [3.8, 4) is 17.6 Å². The number of carboxylic acids is 1. The van der Waals surface area contributed by atoms with Crippen molar-refractivity contribution in [1.82, 2.24) is 0 Å². The Bertz CT molecular complexity index is 420. The average Bonchev–Trinajstić information content (AvgIpc) is 2.16. The molecule has 0 aliphatic rings. The van der Waals surface area contributed by atoms with Gasteiger partial charge in [-0.05, 0) is 6.07 Å². The molecule has 0 fully saturated rings. The van der Waals surface area contributed by atoms with Crippen LogP contribution in [0.1, 0.15) is 15.9 Å². The number of benzene rings is 1. The highest BCUT2D eigenvalue weighted by atomic mass is 16.5. The number of carbonyl (C=O) groups is 1. The Hall–Kier alpha value is -2.22. The summed E-state index contributed by atoms with van der Waals surface area (Å²) >= 11 is 0. The normalized spacial score (nSPS) is 9.14. The van der Waals surface area contributed by atoms with E-state index in [1.54, 1.807) is 6.07 Å². The molecule has 72 valence electrons. The fourth-order valence-corrected chi connectivity index (χ4v) is 0.997. The summed E-state index contributed by atoms with van der Waals surface area (Å²) in [7, 11) is 1.33. The highest BCUT2D eigenvalue weighted by molar-refractivity contribution is 5.91. The fraction of sp³-hybridized carbons (Fsp3) is 0.111. The molecule has 0 aliphatic carbocycles. The zero-order chi connectivity index (χ0) is 10.7. The zero-order valence-electron chi connectivity index (χ0n) is 7.31. The SMILES string of the molecule is COc1cc(O)c(C(=O)O)cc1C#N. The lowest BCUT2D eigenvalue weighted by molar-refractivity contribution is 0.0693. The number of aromatic hydroxyl groups is 1. The van der Waals surface area contributed by atoms with Crippen molar-refractivity contribution in [1.29, 1.82) is 5.26 Å². The Balaban J connectivity index is 3.40. The number of rotatable bonds is 2. The highest BCUT2D eigenvalue weighted by Gasteiger charge is 2.14. The number of nitrogens with zero attached hydrogens (tertiary/aromatic N) is 1. The quantitative estimate of drug-likeness (QED) is 0.730. The lowest BCUT2D eigenvalue weighted by Gasteiger charge is -2.05. The third kappa shape index (κ3) is 1.59. The van der Waals surface area contributed by atoms with Gasteiger partial charge in [-0.2, -0.15) is 5.26 Å². The molecule has 0 saturated carbocycles. The van der Waals surface area contributed by atoms with Crippen molar-refractivity contribution in [3.63, 3.8) is 0 Å². The molecule has 2 N–H and O–H groups in total. The van der Waals surface area contributed by atoms with Gasteiger partial charge in [0, 0.05) is 6.07 Å². The number of carboxylic acid groups (broad SMARTS) is 1. The summed E-state index contributed by atoms with van der Waals surface area (Å²) in [6.45, 7) is 0. The predicted molar refractivity (Wildman–Crippen MR) is 46.3 cm³/mol. The van der Waals surface area contributed by atoms with Gasteiger partial charge < -0.3 is 14.9 Å². The largest absolute Gasteiger partial charge is 0.507 e. The number of hydrogen-bond donors (Lipinski definition) is 2. The Morgan fingerprint density at radius 1 is 1.57 bits per heavy atom. The molecule has 1 aromatic rings. The van der Waals surface area contributed by atoms with E-state index in [1.807, 2.05) is 0 Å². The number of methoxy groups -OCH3 is 1. The first kappa shape index (κ1) is 9.86. The van der Waals surface area contributed by atoms with Crippen molar-refractivity contribution < 1.29 is 19.7 Å². The highest BCUT2D eigenvalue weighted by Crippen LogP contribution is 2.27. The Morgan fingerprint density at radius 2 is 2.21 bits per heavy atom. The molecule has 0 bridgehead atoms. The van der Waals surface area contributed by atoms with Crippen LogP contribution in [0.3, 0.4) is 0 Å². The van der Waals surface area contributed by atoms with Crippen LogP contribution in [0.2, 0.25) is 0 Å². The van der Waals surface area contributed by atoms with Crippen LogP contribution >= 0.6 is 0 Å². The van der Waals surface area contributed by atoms with Gasteiger partial charge in [-0.3, -0.25) is 0 Å². The summed E-state index contributed by atoms with van der Waals surface area (Å²) in [5, 5.41) is 26.5. The summed E-state index contributed by atoms with van der Waals surface area (Å²) in [6.07, 6.45) is 0. The van der Waals surface area contributed by atoms with E-state index in [2.05, 4.69) is 0 Å². The smallest absolute Gasteiger partial charge is 0.339 e. The standard InChI is InChI=1S/C9H7NO4/c1-14-8-3-7(11)6(9(12)13)2-5(8)4-10/h2-3,11H,1H3,(H,12,13). The maximum absolute atomic E-state index is 10.6. The molecule has 0 aromatic heterocycles. The maximum atomic E-state index is 10.6. The van der Waals surface area contributed by atoms with E-state index in [0.717, 1.165) is 12.1 Å². The van der Waals surface area contributed by atoms with Crippen LogP contribution < -0.4 is 4.74 Å². The monoisotopic (exact) mass is 193 g/mol. The molecule has 0 radical (unpaired) electrons. The Labute approximate surface area is 79.8 Å². The first-order chi connectivity index (χ1) is 6.60. The van der Waals surface area contributed by atoms with Crippen LogP contribution in [0.15, 0.2) is 12.1 Å². The lowest BCUT2D eigenvalue weighted by Crippen LogP contribution is -1.99. The third-order valence-corrected chi connectivity index (χ3v) is 1.67. The fourth-order valence-electron chi connectivity index (χ4n) is 0.997. The molecule has 0 amide bonds. The van der Waals surface area contributed by atoms with Gasteiger partial charge in [-0.1, -0.05) is 0 Å². The molecule has 5 heteroatoms. The number of nitriles is 1. The summed E-state index contributed by atoms with van der Waals surface area (Å²) in [6, 6.07) is 3.93. The van der Waals surface area contributed by atoms with Gasteiger partial charge in [0.2, 0.25) is 0 Å². The van der Waals surface area contributed by atoms with Gasteiger partial charge in [0.25, 0.3) is 0 Å². The van der Waals surface area contributed by atoms with Gasteiger partial charge in [0.1, 0.15) is 23.1 Å². The second-order valence-electron chi connectivity index (χ2n) is 2.49. The average molecular weight is 193 g/mol. The molecular weight excluding hydrogens is 186 g/mol.